The van der Waals surface area contributed by atoms with Crippen LogP contribution in [0.2, 0.25) is 0 Å². The van der Waals surface area contributed by atoms with Gasteiger partial charge in [0.15, 0.2) is 5.11 Å². The van der Waals surface area contributed by atoms with E-state index >= 15 is 0 Å². The third-order valence-electron chi connectivity index (χ3n) is 4.12. The molecule has 3 aromatic carbocycles. The van der Waals surface area contributed by atoms with Gasteiger partial charge < -0.3 is 10.1 Å². The highest BCUT2D eigenvalue weighted by molar-refractivity contribution is 7.80. The lowest BCUT2D eigenvalue weighted by molar-refractivity contribution is 0.0735. The Bertz CT molecular complexity index is 1030. The Morgan fingerprint density at radius 2 is 1.86 bits per heavy atom. The molecular formula is C22H21N3O2S. The van der Waals surface area contributed by atoms with Crippen LogP contribution < -0.4 is 15.5 Å². The molecule has 142 valence electrons. The van der Waals surface area contributed by atoms with E-state index in [0.717, 1.165) is 16.3 Å². The monoisotopic (exact) mass is 391 g/mol. The maximum Gasteiger partial charge on any atom is 0.343 e. The Morgan fingerprint density at radius 1 is 1.11 bits per heavy atom. The van der Waals surface area contributed by atoms with Gasteiger partial charge in [-0.05, 0) is 55.0 Å². The molecule has 0 aliphatic carbocycles. The molecule has 0 aliphatic heterocycles. The summed E-state index contributed by atoms with van der Waals surface area (Å²) in [7, 11) is 0. The van der Waals surface area contributed by atoms with Gasteiger partial charge in [0.2, 0.25) is 0 Å². The summed E-state index contributed by atoms with van der Waals surface area (Å²) in [6, 6.07) is 18.8. The van der Waals surface area contributed by atoms with Gasteiger partial charge in [-0.15, -0.1) is 0 Å². The van der Waals surface area contributed by atoms with Crippen molar-refractivity contribution in [1.82, 2.24) is 10.7 Å². The molecule has 0 amide bonds. The summed E-state index contributed by atoms with van der Waals surface area (Å²) >= 11 is 5.12. The van der Waals surface area contributed by atoms with Crippen LogP contribution in [-0.2, 0) is 0 Å². The van der Waals surface area contributed by atoms with E-state index in [4.69, 9.17) is 17.0 Å². The van der Waals surface area contributed by atoms with Crippen LogP contribution in [0.3, 0.4) is 0 Å². The summed E-state index contributed by atoms with van der Waals surface area (Å²) in [6.45, 7) is 4.62. The Kier molecular flexibility index (Phi) is 6.34. The van der Waals surface area contributed by atoms with E-state index in [-0.39, 0.29) is 0 Å². The topological polar surface area (TPSA) is 62.7 Å². The van der Waals surface area contributed by atoms with Crippen molar-refractivity contribution in [3.63, 3.8) is 0 Å². The van der Waals surface area contributed by atoms with Crippen LogP contribution in [0.15, 0.2) is 65.8 Å². The third kappa shape index (κ3) is 4.72. The van der Waals surface area contributed by atoms with Crippen molar-refractivity contribution < 1.29 is 9.53 Å². The second-order valence-corrected chi connectivity index (χ2v) is 6.59. The molecule has 0 heterocycles. The minimum Gasteiger partial charge on any atom is -0.422 e. The maximum absolute atomic E-state index is 12.6. The molecule has 3 aromatic rings. The smallest absolute Gasteiger partial charge is 0.343 e. The Morgan fingerprint density at radius 3 is 2.61 bits per heavy atom. The number of hydrogen-bond acceptors (Lipinski definition) is 4. The number of thiocarbonyl (C=S) groups is 1. The second-order valence-electron chi connectivity index (χ2n) is 6.18. The molecule has 0 aliphatic rings. The number of rotatable bonds is 5. The number of fused-ring (bicyclic) bond motifs is 1. The number of nitrogens with zero attached hydrogens (tertiary/aromatic N) is 1. The summed E-state index contributed by atoms with van der Waals surface area (Å²) < 4.78 is 5.68. The van der Waals surface area contributed by atoms with Gasteiger partial charge in [-0.25, -0.2) is 4.79 Å². The Balaban J connectivity index is 1.92. The molecule has 0 aromatic heterocycles. The number of ether oxygens (including phenoxy) is 1. The van der Waals surface area contributed by atoms with Crippen molar-refractivity contribution >= 4 is 40.3 Å². The summed E-state index contributed by atoms with van der Waals surface area (Å²) in [5.41, 5.74) is 5.04. The number of hydrazone groups is 1. The van der Waals surface area contributed by atoms with E-state index in [9.17, 15) is 4.79 Å². The Hall–Kier alpha value is -3.25. The quantitative estimate of drug-likeness (QED) is 0.225. The molecule has 0 bridgehead atoms. The van der Waals surface area contributed by atoms with Crippen molar-refractivity contribution in [2.75, 3.05) is 6.54 Å². The fourth-order valence-electron chi connectivity index (χ4n) is 2.70. The molecular weight excluding hydrogens is 370 g/mol. The molecule has 5 nitrogen and oxygen atoms in total. The number of hydrogen-bond donors (Lipinski definition) is 2. The van der Waals surface area contributed by atoms with Crippen LogP contribution >= 0.6 is 12.2 Å². The lowest BCUT2D eigenvalue weighted by Crippen LogP contribution is -2.31. The first-order valence-corrected chi connectivity index (χ1v) is 9.37. The summed E-state index contributed by atoms with van der Waals surface area (Å²) in [5.74, 6) is 0.0188. The molecule has 6 heteroatoms. The summed E-state index contributed by atoms with van der Waals surface area (Å²) in [6.07, 6.45) is 1.61. The first-order valence-electron chi connectivity index (χ1n) is 8.96. The fourth-order valence-corrected chi connectivity index (χ4v) is 2.90. The molecule has 0 fully saturated rings. The van der Waals surface area contributed by atoms with E-state index < -0.39 is 5.97 Å². The molecule has 0 saturated heterocycles. The number of benzene rings is 3. The lowest BCUT2D eigenvalue weighted by atomic mass is 10.0. The molecule has 0 atom stereocenters. The van der Waals surface area contributed by atoms with Crippen molar-refractivity contribution in [3.8, 4) is 5.75 Å². The molecule has 0 spiro atoms. The van der Waals surface area contributed by atoms with Crippen LogP contribution in [-0.4, -0.2) is 23.8 Å². The number of carbonyl (C=O) groups is 1. The van der Waals surface area contributed by atoms with Gasteiger partial charge in [-0.1, -0.05) is 48.0 Å². The lowest BCUT2D eigenvalue weighted by Gasteiger charge is -2.11. The second kappa shape index (κ2) is 9.10. The molecule has 3 rings (SSSR count). The average Bonchev–Trinajstić information content (AvgIpc) is 2.70. The first-order chi connectivity index (χ1) is 13.6. The zero-order valence-corrected chi connectivity index (χ0v) is 16.5. The normalized spacial score (nSPS) is 10.8. The zero-order valence-electron chi connectivity index (χ0n) is 15.7. The van der Waals surface area contributed by atoms with E-state index in [1.54, 1.807) is 24.4 Å². The third-order valence-corrected chi connectivity index (χ3v) is 4.35. The average molecular weight is 391 g/mol. The zero-order chi connectivity index (χ0) is 19.9. The van der Waals surface area contributed by atoms with Gasteiger partial charge in [-0.3, -0.25) is 5.43 Å². The minimum absolute atomic E-state index is 0.416. The summed E-state index contributed by atoms with van der Waals surface area (Å²) in [5, 5.41) is 9.53. The van der Waals surface area contributed by atoms with Gasteiger partial charge in [0.25, 0.3) is 0 Å². The highest BCUT2D eigenvalue weighted by Gasteiger charge is 2.13. The van der Waals surface area contributed by atoms with Crippen molar-refractivity contribution in [3.05, 3.63) is 77.4 Å². The van der Waals surface area contributed by atoms with Crippen molar-refractivity contribution in [1.29, 1.82) is 0 Å². The van der Waals surface area contributed by atoms with Gasteiger partial charge in [0, 0.05) is 12.1 Å². The van der Waals surface area contributed by atoms with Gasteiger partial charge in [-0.2, -0.15) is 5.10 Å². The number of carbonyl (C=O) groups excluding carboxylic acids is 1. The van der Waals surface area contributed by atoms with Crippen LogP contribution in [0.1, 0.15) is 28.4 Å². The molecule has 28 heavy (non-hydrogen) atoms. The van der Waals surface area contributed by atoms with E-state index in [2.05, 4.69) is 15.8 Å². The van der Waals surface area contributed by atoms with E-state index in [1.807, 2.05) is 56.3 Å². The number of esters is 1. The van der Waals surface area contributed by atoms with Crippen LogP contribution in [0.4, 0.5) is 0 Å². The number of nitrogens with one attached hydrogen (secondary N) is 2. The predicted molar refractivity (Wildman–Crippen MR) is 117 cm³/mol. The molecule has 2 N–H and O–H groups in total. The van der Waals surface area contributed by atoms with Crippen LogP contribution in [0, 0.1) is 6.92 Å². The molecule has 0 unspecified atom stereocenters. The van der Waals surface area contributed by atoms with Gasteiger partial charge in [0.05, 0.1) is 11.8 Å². The minimum atomic E-state index is -0.416. The molecule has 0 radical (unpaired) electrons. The molecule has 0 saturated carbocycles. The summed E-state index contributed by atoms with van der Waals surface area (Å²) in [4.78, 5) is 12.6. The van der Waals surface area contributed by atoms with Crippen molar-refractivity contribution in [2.24, 2.45) is 5.10 Å². The van der Waals surface area contributed by atoms with Crippen LogP contribution in [0.5, 0.6) is 5.75 Å². The van der Waals surface area contributed by atoms with Gasteiger partial charge in [0.1, 0.15) is 5.75 Å². The SMILES string of the molecule is CCNC(=S)NN=Cc1c(OC(=O)c2ccc(C)cc2)ccc2ccccc12. The van der Waals surface area contributed by atoms with Crippen molar-refractivity contribution in [2.45, 2.75) is 13.8 Å². The fraction of sp³-hybridized carbons (Fsp3) is 0.136. The number of aryl methyl sites for hydroxylation is 1. The van der Waals surface area contributed by atoms with Gasteiger partial charge >= 0.3 is 5.97 Å². The highest BCUT2D eigenvalue weighted by atomic mass is 32.1. The van der Waals surface area contributed by atoms with E-state index in [0.29, 0.717) is 28.5 Å². The maximum atomic E-state index is 12.6. The first kappa shape index (κ1) is 19.5. The van der Waals surface area contributed by atoms with E-state index in [1.165, 1.54) is 0 Å². The largest absolute Gasteiger partial charge is 0.422 e. The highest BCUT2D eigenvalue weighted by Crippen LogP contribution is 2.27. The van der Waals surface area contributed by atoms with Crippen LogP contribution in [0.25, 0.3) is 10.8 Å². The Labute approximate surface area is 169 Å². The standard InChI is InChI=1S/C22H21N3O2S/c1-3-23-22(28)25-24-14-19-18-7-5-4-6-16(18)12-13-20(19)27-21(26)17-10-8-15(2)9-11-17/h4-14H,3H2,1-2H3,(H2,23,25,28). The predicted octanol–water partition coefficient (Wildman–Crippen LogP) is 4.19.